The number of anilines is 2. The molecular weight excluding hydrogens is 446 g/mol. The van der Waals surface area contributed by atoms with Crippen LogP contribution < -0.4 is 15.4 Å². The number of hydrogen-bond donors (Lipinski definition) is 1. The Balaban J connectivity index is 1.31. The van der Waals surface area contributed by atoms with Crippen molar-refractivity contribution in [3.63, 3.8) is 0 Å². The highest BCUT2D eigenvalue weighted by Gasteiger charge is 2.28. The molecule has 0 unspecified atom stereocenters. The van der Waals surface area contributed by atoms with Crippen LogP contribution in [-0.4, -0.2) is 41.0 Å². The van der Waals surface area contributed by atoms with E-state index in [0.717, 1.165) is 32.0 Å². The lowest BCUT2D eigenvalue weighted by atomic mass is 9.96. The maximum atomic E-state index is 6.51. The number of hydrogen-bond acceptors (Lipinski definition) is 6. The van der Waals surface area contributed by atoms with Crippen LogP contribution in [0.15, 0.2) is 91.3 Å². The predicted molar refractivity (Wildman–Crippen MR) is 146 cm³/mol. The number of nitrogens with zero attached hydrogens (tertiary/aromatic N) is 4. The van der Waals surface area contributed by atoms with Gasteiger partial charge in [-0.25, -0.2) is 4.98 Å². The zero-order valence-corrected chi connectivity index (χ0v) is 20.9. The molecule has 0 radical (unpaired) electrons. The van der Waals surface area contributed by atoms with E-state index < -0.39 is 0 Å². The molecule has 0 bridgehead atoms. The van der Waals surface area contributed by atoms with Crippen molar-refractivity contribution >= 4 is 11.5 Å². The predicted octanol–water partition coefficient (Wildman–Crippen LogP) is 5.89. The third-order valence-electron chi connectivity index (χ3n) is 6.80. The van der Waals surface area contributed by atoms with Crippen molar-refractivity contribution in [3.05, 3.63) is 108 Å². The lowest BCUT2D eigenvalue weighted by molar-refractivity contribution is 0.212. The summed E-state index contributed by atoms with van der Waals surface area (Å²) in [5.41, 5.74) is 10.9. The van der Waals surface area contributed by atoms with E-state index in [1.165, 1.54) is 23.0 Å². The Labute approximate surface area is 213 Å². The molecule has 5 rings (SSSR count). The average molecular weight is 480 g/mol. The monoisotopic (exact) mass is 479 g/mol. The van der Waals surface area contributed by atoms with Crippen molar-refractivity contribution in [2.75, 3.05) is 36.8 Å². The van der Waals surface area contributed by atoms with Gasteiger partial charge in [0.1, 0.15) is 17.8 Å². The van der Waals surface area contributed by atoms with Crippen molar-refractivity contribution in [3.8, 4) is 11.6 Å². The summed E-state index contributed by atoms with van der Waals surface area (Å²) >= 11 is 0. The lowest BCUT2D eigenvalue weighted by Crippen LogP contribution is -2.48. The summed E-state index contributed by atoms with van der Waals surface area (Å²) in [6.07, 6.45) is 1.53. The minimum absolute atomic E-state index is 0.213. The van der Waals surface area contributed by atoms with Crippen molar-refractivity contribution in [1.82, 2.24) is 14.9 Å². The Morgan fingerprint density at radius 3 is 1.86 bits per heavy atom. The van der Waals surface area contributed by atoms with Crippen molar-refractivity contribution in [2.24, 2.45) is 0 Å². The Hall–Kier alpha value is -3.90. The molecule has 184 valence electrons. The molecule has 6 nitrogen and oxygen atoms in total. The van der Waals surface area contributed by atoms with Crippen LogP contribution in [0.3, 0.4) is 0 Å². The summed E-state index contributed by atoms with van der Waals surface area (Å²) in [5, 5.41) is 0. The van der Waals surface area contributed by atoms with Gasteiger partial charge in [-0.15, -0.1) is 0 Å². The maximum Gasteiger partial charge on any atom is 0.248 e. The number of ether oxygens (including phenoxy) is 1. The molecule has 0 atom stereocenters. The fourth-order valence-corrected chi connectivity index (χ4v) is 4.81. The summed E-state index contributed by atoms with van der Waals surface area (Å²) in [6, 6.07) is 29.7. The second-order valence-electron chi connectivity index (χ2n) is 9.49. The fourth-order valence-electron chi connectivity index (χ4n) is 4.81. The Morgan fingerprint density at radius 2 is 1.31 bits per heavy atom. The highest BCUT2D eigenvalue weighted by atomic mass is 16.5. The van der Waals surface area contributed by atoms with Gasteiger partial charge < -0.3 is 15.4 Å². The first-order valence-electron chi connectivity index (χ1n) is 12.6. The quantitative estimate of drug-likeness (QED) is 0.357. The summed E-state index contributed by atoms with van der Waals surface area (Å²) in [6.45, 7) is 7.77. The maximum absolute atomic E-state index is 6.51. The number of nitrogen functional groups attached to an aromatic ring is 1. The highest BCUT2D eigenvalue weighted by Crippen LogP contribution is 2.34. The normalized spacial score (nSPS) is 14.4. The van der Waals surface area contributed by atoms with E-state index in [4.69, 9.17) is 10.5 Å². The van der Waals surface area contributed by atoms with E-state index in [1.807, 2.05) is 12.1 Å². The zero-order valence-electron chi connectivity index (χ0n) is 20.9. The second-order valence-corrected chi connectivity index (χ2v) is 9.49. The number of piperazine rings is 1. The lowest BCUT2D eigenvalue weighted by Gasteiger charge is -2.40. The number of rotatable bonds is 7. The van der Waals surface area contributed by atoms with Gasteiger partial charge in [0.05, 0.1) is 6.04 Å². The van der Waals surface area contributed by atoms with Crippen LogP contribution in [0.2, 0.25) is 0 Å². The SMILES string of the molecule is CC(C)c1ccc(Oc2ncnc(N3CCN(C(c4ccccc4)c4ccccc4)CC3)c2N)cc1. The van der Waals surface area contributed by atoms with E-state index >= 15 is 0 Å². The van der Waals surface area contributed by atoms with Gasteiger partial charge >= 0.3 is 0 Å². The van der Waals surface area contributed by atoms with Gasteiger partial charge in [-0.2, -0.15) is 4.98 Å². The first-order valence-corrected chi connectivity index (χ1v) is 12.6. The molecule has 2 heterocycles. The molecule has 2 N–H and O–H groups in total. The summed E-state index contributed by atoms with van der Waals surface area (Å²) in [4.78, 5) is 13.6. The third kappa shape index (κ3) is 5.19. The molecule has 1 aliphatic rings. The zero-order chi connectivity index (χ0) is 24.9. The van der Waals surface area contributed by atoms with Crippen LogP contribution in [-0.2, 0) is 0 Å². The summed E-state index contributed by atoms with van der Waals surface area (Å²) in [7, 11) is 0. The van der Waals surface area contributed by atoms with Gasteiger partial charge in [-0.1, -0.05) is 86.6 Å². The Bertz CT molecular complexity index is 1210. The fraction of sp³-hybridized carbons (Fsp3) is 0.267. The van der Waals surface area contributed by atoms with Gasteiger partial charge in [0.15, 0.2) is 5.82 Å². The molecule has 3 aromatic carbocycles. The molecule has 0 spiro atoms. The molecule has 1 saturated heterocycles. The third-order valence-corrected chi connectivity index (χ3v) is 6.80. The first kappa shape index (κ1) is 23.8. The van der Waals surface area contributed by atoms with Crippen LogP contribution in [0.1, 0.15) is 42.5 Å². The number of nitrogens with two attached hydrogens (primary N) is 1. The van der Waals surface area contributed by atoms with Crippen LogP contribution in [0.4, 0.5) is 11.5 Å². The van der Waals surface area contributed by atoms with E-state index in [-0.39, 0.29) is 6.04 Å². The molecule has 4 aromatic rings. The van der Waals surface area contributed by atoms with E-state index in [9.17, 15) is 0 Å². The van der Waals surface area contributed by atoms with Gasteiger partial charge in [-0.3, -0.25) is 4.90 Å². The molecule has 6 heteroatoms. The van der Waals surface area contributed by atoms with Gasteiger partial charge in [0.2, 0.25) is 5.88 Å². The molecule has 0 amide bonds. The van der Waals surface area contributed by atoms with Gasteiger partial charge in [-0.05, 0) is 34.7 Å². The smallest absolute Gasteiger partial charge is 0.248 e. The summed E-state index contributed by atoms with van der Waals surface area (Å²) in [5.74, 6) is 2.31. The molecule has 0 saturated carbocycles. The van der Waals surface area contributed by atoms with Crippen LogP contribution in [0, 0.1) is 0 Å². The standard InChI is InChI=1S/C30H33N5O/c1-22(2)23-13-15-26(16-14-23)36-30-27(31)29(32-21-33-30)35-19-17-34(18-20-35)28(24-9-5-3-6-10-24)25-11-7-4-8-12-25/h3-16,21-22,28H,17-20,31H2,1-2H3. The minimum atomic E-state index is 0.213. The number of aromatic nitrogens is 2. The van der Waals surface area contributed by atoms with Crippen molar-refractivity contribution < 1.29 is 4.74 Å². The van der Waals surface area contributed by atoms with Crippen molar-refractivity contribution in [1.29, 1.82) is 0 Å². The number of benzene rings is 3. The molecule has 0 aliphatic carbocycles. The first-order chi connectivity index (χ1) is 17.6. The van der Waals surface area contributed by atoms with Gasteiger partial charge in [0, 0.05) is 26.2 Å². The second kappa shape index (κ2) is 10.8. The topological polar surface area (TPSA) is 67.5 Å². The van der Waals surface area contributed by atoms with E-state index in [0.29, 0.717) is 23.2 Å². The van der Waals surface area contributed by atoms with E-state index in [1.54, 1.807) is 0 Å². The van der Waals surface area contributed by atoms with Crippen molar-refractivity contribution in [2.45, 2.75) is 25.8 Å². The molecule has 1 aliphatic heterocycles. The molecule has 36 heavy (non-hydrogen) atoms. The van der Waals surface area contributed by atoms with Crippen LogP contribution in [0.25, 0.3) is 0 Å². The highest BCUT2D eigenvalue weighted by molar-refractivity contribution is 5.68. The Morgan fingerprint density at radius 1 is 0.722 bits per heavy atom. The largest absolute Gasteiger partial charge is 0.437 e. The van der Waals surface area contributed by atoms with Gasteiger partial charge in [0.25, 0.3) is 0 Å². The average Bonchev–Trinajstić information content (AvgIpc) is 2.92. The Kier molecular flexibility index (Phi) is 7.14. The molecule has 1 fully saturated rings. The molecular formula is C30H33N5O. The van der Waals surface area contributed by atoms with Crippen LogP contribution in [0.5, 0.6) is 11.6 Å². The van der Waals surface area contributed by atoms with E-state index in [2.05, 4.69) is 106 Å². The molecule has 1 aromatic heterocycles. The van der Waals surface area contributed by atoms with Crippen LogP contribution >= 0.6 is 0 Å². The summed E-state index contributed by atoms with van der Waals surface area (Å²) < 4.78 is 6.04. The minimum Gasteiger partial charge on any atom is -0.437 e.